The number of hydrogen-bond donors (Lipinski definition) is 0. The molecule has 0 spiro atoms. The number of unbranched alkanes of at least 4 members (excludes halogenated alkanes) is 11. The normalized spacial score (nSPS) is 13.1. The lowest BCUT2D eigenvalue weighted by Gasteiger charge is -2.18. The summed E-state index contributed by atoms with van der Waals surface area (Å²) in [5.74, 6) is -1.01. The molecule has 0 aliphatic heterocycles. The van der Waals surface area contributed by atoms with Gasteiger partial charge in [0, 0.05) is 19.3 Å². The van der Waals surface area contributed by atoms with E-state index < -0.39 is 6.10 Å². The van der Waals surface area contributed by atoms with Gasteiger partial charge >= 0.3 is 17.9 Å². The number of ether oxygens (including phenoxy) is 3. The highest BCUT2D eigenvalue weighted by Crippen LogP contribution is 2.11. The van der Waals surface area contributed by atoms with Crippen molar-refractivity contribution >= 4 is 17.9 Å². The Hall–Kier alpha value is -4.19. The van der Waals surface area contributed by atoms with Gasteiger partial charge in [0.2, 0.25) is 0 Å². The van der Waals surface area contributed by atoms with Crippen LogP contribution in [0.4, 0.5) is 0 Å². The summed E-state index contributed by atoms with van der Waals surface area (Å²) in [6, 6.07) is 0. The van der Waals surface area contributed by atoms with Crippen molar-refractivity contribution in [3.05, 3.63) is 122 Å². The average Bonchev–Trinajstić information content (AvgIpc) is 3.27. The highest BCUT2D eigenvalue weighted by molar-refractivity contribution is 5.71. The van der Waals surface area contributed by atoms with Crippen molar-refractivity contribution in [3.63, 3.8) is 0 Å². The number of hydrogen-bond acceptors (Lipinski definition) is 6. The van der Waals surface area contributed by atoms with Gasteiger partial charge in [0.05, 0.1) is 0 Å². The molecule has 0 saturated carbocycles. The molecule has 0 fully saturated rings. The number of esters is 3. The summed E-state index contributed by atoms with van der Waals surface area (Å²) in [5, 5.41) is 0. The second-order valence-corrected chi connectivity index (χ2v) is 15.6. The monoisotopic (exact) mass is 857 g/mol. The molecule has 0 aromatic carbocycles. The topological polar surface area (TPSA) is 78.9 Å². The van der Waals surface area contributed by atoms with Gasteiger partial charge in [-0.25, -0.2) is 0 Å². The summed E-state index contributed by atoms with van der Waals surface area (Å²) < 4.78 is 16.6. The van der Waals surface area contributed by atoms with Gasteiger partial charge in [0.1, 0.15) is 13.2 Å². The van der Waals surface area contributed by atoms with Crippen LogP contribution >= 0.6 is 0 Å². The van der Waals surface area contributed by atoms with Crippen molar-refractivity contribution in [3.8, 4) is 0 Å². The van der Waals surface area contributed by atoms with Crippen molar-refractivity contribution in [2.24, 2.45) is 0 Å². The van der Waals surface area contributed by atoms with Gasteiger partial charge in [-0.1, -0.05) is 194 Å². The van der Waals surface area contributed by atoms with Crippen LogP contribution in [0.2, 0.25) is 0 Å². The van der Waals surface area contributed by atoms with Crippen LogP contribution in [0.5, 0.6) is 0 Å². The van der Waals surface area contributed by atoms with E-state index in [2.05, 4.69) is 142 Å². The lowest BCUT2D eigenvalue weighted by atomic mass is 10.1. The van der Waals surface area contributed by atoms with Gasteiger partial charge < -0.3 is 14.2 Å². The molecule has 0 radical (unpaired) electrons. The molecule has 6 heteroatoms. The minimum atomic E-state index is -0.815. The maximum absolute atomic E-state index is 12.7. The Morgan fingerprint density at radius 3 is 1.03 bits per heavy atom. The van der Waals surface area contributed by atoms with E-state index in [1.807, 2.05) is 0 Å². The van der Waals surface area contributed by atoms with E-state index in [0.717, 1.165) is 128 Å². The number of rotatable bonds is 42. The molecule has 1 atom stereocenters. The maximum Gasteiger partial charge on any atom is 0.306 e. The minimum Gasteiger partial charge on any atom is -0.462 e. The van der Waals surface area contributed by atoms with Crippen LogP contribution in [0, 0.1) is 0 Å². The van der Waals surface area contributed by atoms with Gasteiger partial charge in [-0.2, -0.15) is 0 Å². The second-order valence-electron chi connectivity index (χ2n) is 15.6. The van der Waals surface area contributed by atoms with Gasteiger partial charge in [-0.3, -0.25) is 14.4 Å². The second kappa shape index (κ2) is 49.5. The van der Waals surface area contributed by atoms with Gasteiger partial charge in [0.25, 0.3) is 0 Å². The van der Waals surface area contributed by atoms with Crippen LogP contribution in [0.15, 0.2) is 122 Å². The third kappa shape index (κ3) is 46.9. The first kappa shape index (κ1) is 57.8. The minimum absolute atomic E-state index is 0.111. The smallest absolute Gasteiger partial charge is 0.306 e. The van der Waals surface area contributed by atoms with Gasteiger partial charge in [-0.15, -0.1) is 0 Å². The molecule has 0 N–H and O–H groups in total. The zero-order valence-electron chi connectivity index (χ0n) is 39.6. The molecule has 0 rings (SSSR count). The molecule has 0 amide bonds. The number of allylic oxidation sites excluding steroid dienone is 20. The summed E-state index contributed by atoms with van der Waals surface area (Å²) in [6.45, 7) is 6.26. The Balaban J connectivity index is 4.38. The van der Waals surface area contributed by atoms with E-state index in [1.54, 1.807) is 0 Å². The fraction of sp³-hybridized carbons (Fsp3) is 0.589. The highest BCUT2D eigenvalue weighted by atomic mass is 16.6. The molecule has 0 aliphatic rings. The molecule has 348 valence electrons. The summed E-state index contributed by atoms with van der Waals surface area (Å²) in [5.41, 5.74) is 0. The molecule has 0 heterocycles. The summed E-state index contributed by atoms with van der Waals surface area (Å²) in [6.07, 6.45) is 67.8. The molecule has 0 aliphatic carbocycles. The number of carbonyl (C=O) groups excluding carboxylic acids is 3. The average molecular weight is 857 g/mol. The van der Waals surface area contributed by atoms with E-state index in [0.29, 0.717) is 19.3 Å². The van der Waals surface area contributed by atoms with Crippen LogP contribution in [-0.2, 0) is 28.6 Å². The Bertz CT molecular complexity index is 1350. The first-order valence-electron chi connectivity index (χ1n) is 24.5. The van der Waals surface area contributed by atoms with E-state index in [4.69, 9.17) is 14.2 Å². The standard InChI is InChI=1S/C56H88O6/c1-4-7-10-13-16-18-20-22-24-26-27-28-29-31-32-34-36-38-40-43-46-49-55(58)61-52-53(51-60-54(57)48-45-42-15-12-9-6-3)62-56(59)50-47-44-41-39-37-35-33-30-25-23-21-19-17-14-11-8-5-2/h7-8,10-11,16-19,22-25,27-28,31-33,35,39,41,53H,4-6,9,12-15,20-21,26,29-30,34,36-38,40,42-52H2,1-3H3/b10-7-,11-8-,18-16-,19-17-,24-22-,25-23-,28-27-,32-31-,35-33-,41-39-. The Kier molecular flexibility index (Phi) is 46.1. The third-order valence-electron chi connectivity index (χ3n) is 9.71. The molecule has 0 bridgehead atoms. The fourth-order valence-electron chi connectivity index (χ4n) is 6.09. The molecular formula is C56H88O6. The van der Waals surface area contributed by atoms with Gasteiger partial charge in [-0.05, 0) is 103 Å². The zero-order valence-corrected chi connectivity index (χ0v) is 39.6. The summed E-state index contributed by atoms with van der Waals surface area (Å²) >= 11 is 0. The molecule has 1 unspecified atom stereocenters. The predicted molar refractivity (Wildman–Crippen MR) is 265 cm³/mol. The predicted octanol–water partition coefficient (Wildman–Crippen LogP) is 16.1. The van der Waals surface area contributed by atoms with Crippen molar-refractivity contribution in [1.82, 2.24) is 0 Å². The van der Waals surface area contributed by atoms with E-state index in [1.165, 1.54) is 19.3 Å². The van der Waals surface area contributed by atoms with Crippen LogP contribution in [-0.4, -0.2) is 37.2 Å². The largest absolute Gasteiger partial charge is 0.462 e. The Morgan fingerprint density at radius 2 is 0.645 bits per heavy atom. The first-order valence-corrected chi connectivity index (χ1v) is 24.5. The van der Waals surface area contributed by atoms with Crippen molar-refractivity contribution < 1.29 is 28.6 Å². The third-order valence-corrected chi connectivity index (χ3v) is 9.71. The Morgan fingerprint density at radius 1 is 0.339 bits per heavy atom. The van der Waals surface area contributed by atoms with Crippen LogP contribution in [0.3, 0.4) is 0 Å². The van der Waals surface area contributed by atoms with Crippen LogP contribution < -0.4 is 0 Å². The van der Waals surface area contributed by atoms with Gasteiger partial charge in [0.15, 0.2) is 6.10 Å². The zero-order chi connectivity index (χ0) is 45.1. The maximum atomic E-state index is 12.7. The molecule has 0 aromatic rings. The summed E-state index contributed by atoms with van der Waals surface area (Å²) in [4.78, 5) is 37.7. The van der Waals surface area contributed by atoms with E-state index >= 15 is 0 Å². The SMILES string of the molecule is CC/C=C\C/C=C\C/C=C\C/C=C\C/C=C\CCCCCCCC(=O)OCC(COC(=O)CCCCCCCC)OC(=O)CCC/C=C\C/C=C\C/C=C\C/C=C\C/C=C\CC. The van der Waals surface area contributed by atoms with Crippen molar-refractivity contribution in [2.45, 2.75) is 200 Å². The molecule has 0 aromatic heterocycles. The summed E-state index contributed by atoms with van der Waals surface area (Å²) in [7, 11) is 0. The first-order chi connectivity index (χ1) is 30.5. The Labute approximate surface area is 380 Å². The lowest BCUT2D eigenvalue weighted by molar-refractivity contribution is -0.167. The molecule has 6 nitrogen and oxygen atoms in total. The molecule has 62 heavy (non-hydrogen) atoms. The van der Waals surface area contributed by atoms with E-state index in [9.17, 15) is 14.4 Å². The van der Waals surface area contributed by atoms with Crippen molar-refractivity contribution in [1.29, 1.82) is 0 Å². The molecule has 0 saturated heterocycles. The number of carbonyl (C=O) groups is 3. The fourth-order valence-corrected chi connectivity index (χ4v) is 6.09. The van der Waals surface area contributed by atoms with Crippen molar-refractivity contribution in [2.75, 3.05) is 13.2 Å². The highest BCUT2D eigenvalue weighted by Gasteiger charge is 2.19. The molecular weight excluding hydrogens is 769 g/mol. The van der Waals surface area contributed by atoms with Crippen LogP contribution in [0.25, 0.3) is 0 Å². The quantitative estimate of drug-likeness (QED) is 0.0263. The van der Waals surface area contributed by atoms with Crippen LogP contribution in [0.1, 0.15) is 194 Å². The lowest BCUT2D eigenvalue weighted by Crippen LogP contribution is -2.30. The van der Waals surface area contributed by atoms with E-state index in [-0.39, 0.29) is 37.5 Å².